The number of halogens is 1. The lowest BCUT2D eigenvalue weighted by atomic mass is 9.70. The maximum atomic E-state index is 6.41. The van der Waals surface area contributed by atoms with Crippen LogP contribution in [-0.4, -0.2) is 18.0 Å². The van der Waals surface area contributed by atoms with Crippen molar-refractivity contribution in [1.29, 1.82) is 0 Å². The minimum atomic E-state index is 0.371. The summed E-state index contributed by atoms with van der Waals surface area (Å²) in [5, 5.41) is 4.09. The quantitative estimate of drug-likeness (QED) is 0.575. The highest BCUT2D eigenvalue weighted by Crippen LogP contribution is 2.39. The molecule has 0 aromatic carbocycles. The second-order valence-electron chi connectivity index (χ2n) is 5.81. The lowest BCUT2D eigenvalue weighted by Gasteiger charge is -2.40. The molecule has 2 aliphatic carbocycles. The summed E-state index contributed by atoms with van der Waals surface area (Å²) in [7, 11) is 0. The third-order valence-corrected chi connectivity index (χ3v) is 4.81. The van der Waals surface area contributed by atoms with Crippen LogP contribution in [0.25, 0.3) is 0 Å². The molecule has 2 atom stereocenters. The summed E-state index contributed by atoms with van der Waals surface area (Å²) in [6.45, 7) is 3.59. The van der Waals surface area contributed by atoms with Gasteiger partial charge in [-0.05, 0) is 31.1 Å². The van der Waals surface area contributed by atoms with Gasteiger partial charge in [0.05, 0.1) is 0 Å². The van der Waals surface area contributed by atoms with E-state index in [1.54, 1.807) is 0 Å². The fraction of sp³-hybridized carbons (Fsp3) is 1.00. The smallest absolute Gasteiger partial charge is 0.0489 e. The van der Waals surface area contributed by atoms with E-state index in [1.165, 1.54) is 57.9 Å². The molecule has 2 rings (SSSR count). The van der Waals surface area contributed by atoms with Crippen LogP contribution in [0, 0.1) is 5.41 Å². The largest absolute Gasteiger partial charge is 0.312 e. The summed E-state index contributed by atoms with van der Waals surface area (Å²) in [6.07, 6.45) is 10.8. The van der Waals surface area contributed by atoms with Gasteiger partial charge in [0.1, 0.15) is 0 Å². The summed E-state index contributed by atoms with van der Waals surface area (Å²) in [5.74, 6) is 0. The zero-order valence-electron chi connectivity index (χ0n) is 9.90. The minimum Gasteiger partial charge on any atom is -0.312 e. The molecule has 0 saturated heterocycles. The molecule has 1 N–H and O–H groups in total. The van der Waals surface area contributed by atoms with Crippen LogP contribution in [0.1, 0.15) is 58.3 Å². The first-order valence-corrected chi connectivity index (χ1v) is 7.01. The Labute approximate surface area is 99.0 Å². The second kappa shape index (κ2) is 5.05. The highest BCUT2D eigenvalue weighted by molar-refractivity contribution is 6.21. The van der Waals surface area contributed by atoms with E-state index in [0.717, 1.165) is 0 Å². The Morgan fingerprint density at radius 2 is 1.87 bits per heavy atom. The Morgan fingerprint density at radius 3 is 2.53 bits per heavy atom. The van der Waals surface area contributed by atoms with Gasteiger partial charge in [0.25, 0.3) is 0 Å². The zero-order chi connectivity index (χ0) is 10.7. The van der Waals surface area contributed by atoms with Crippen LogP contribution >= 0.6 is 11.6 Å². The van der Waals surface area contributed by atoms with E-state index in [2.05, 4.69) is 12.2 Å². The average Bonchev–Trinajstić information content (AvgIpc) is 2.37. The number of nitrogens with one attached hydrogen (secondary N) is 1. The molecule has 1 nitrogen and oxygen atoms in total. The van der Waals surface area contributed by atoms with Gasteiger partial charge in [-0.1, -0.05) is 32.6 Å². The van der Waals surface area contributed by atoms with Crippen molar-refractivity contribution in [3.63, 3.8) is 0 Å². The van der Waals surface area contributed by atoms with E-state index in [9.17, 15) is 0 Å². The van der Waals surface area contributed by atoms with Crippen molar-refractivity contribution in [2.45, 2.75) is 69.7 Å². The Bertz CT molecular complexity index is 201. The molecule has 2 heteroatoms. The van der Waals surface area contributed by atoms with Gasteiger partial charge in [0.15, 0.2) is 0 Å². The SMILES string of the molecule is CC1(CNC2CCCCCC2Cl)CCC1. The highest BCUT2D eigenvalue weighted by Gasteiger charge is 2.32. The van der Waals surface area contributed by atoms with Gasteiger partial charge < -0.3 is 5.32 Å². The number of hydrogen-bond acceptors (Lipinski definition) is 1. The first-order valence-electron chi connectivity index (χ1n) is 6.57. The first-order chi connectivity index (χ1) is 7.20. The standard InChI is InChI=1S/C13H24ClN/c1-13(8-5-9-13)10-15-12-7-4-2-3-6-11(12)14/h11-12,15H,2-10H2,1H3. The van der Waals surface area contributed by atoms with Crippen LogP contribution in [0.5, 0.6) is 0 Å². The van der Waals surface area contributed by atoms with Gasteiger partial charge in [-0.3, -0.25) is 0 Å². The molecule has 0 aromatic rings. The molecule has 0 spiro atoms. The normalized spacial score (nSPS) is 35.6. The molecular weight excluding hydrogens is 206 g/mol. The fourth-order valence-electron chi connectivity index (χ4n) is 2.83. The molecule has 0 amide bonds. The third-order valence-electron chi connectivity index (χ3n) is 4.28. The Hall–Kier alpha value is 0.250. The van der Waals surface area contributed by atoms with Gasteiger partial charge in [-0.2, -0.15) is 0 Å². The molecule has 0 aromatic heterocycles. The zero-order valence-corrected chi connectivity index (χ0v) is 10.7. The number of hydrogen-bond donors (Lipinski definition) is 1. The Morgan fingerprint density at radius 1 is 1.13 bits per heavy atom. The molecule has 15 heavy (non-hydrogen) atoms. The van der Waals surface area contributed by atoms with Crippen LogP contribution in [0.2, 0.25) is 0 Å². The molecule has 2 unspecified atom stereocenters. The maximum Gasteiger partial charge on any atom is 0.0489 e. The van der Waals surface area contributed by atoms with Crippen molar-refractivity contribution >= 4 is 11.6 Å². The molecule has 0 heterocycles. The van der Waals surface area contributed by atoms with Gasteiger partial charge >= 0.3 is 0 Å². The predicted octanol–water partition coefficient (Wildman–Crippen LogP) is 3.71. The topological polar surface area (TPSA) is 12.0 Å². The van der Waals surface area contributed by atoms with Gasteiger partial charge in [-0.15, -0.1) is 11.6 Å². The van der Waals surface area contributed by atoms with E-state index >= 15 is 0 Å². The van der Waals surface area contributed by atoms with E-state index < -0.39 is 0 Å². The number of alkyl halides is 1. The Kier molecular flexibility index (Phi) is 3.95. The van der Waals surface area contributed by atoms with Crippen LogP contribution in [-0.2, 0) is 0 Å². The lowest BCUT2D eigenvalue weighted by Crippen LogP contribution is -2.45. The molecule has 0 aliphatic heterocycles. The van der Waals surface area contributed by atoms with Crippen LogP contribution in [0.4, 0.5) is 0 Å². The summed E-state index contributed by atoms with van der Waals surface area (Å²) in [5.41, 5.74) is 0.586. The highest BCUT2D eigenvalue weighted by atomic mass is 35.5. The van der Waals surface area contributed by atoms with Crippen molar-refractivity contribution in [2.75, 3.05) is 6.54 Å². The lowest BCUT2D eigenvalue weighted by molar-refractivity contribution is 0.149. The number of rotatable bonds is 3. The van der Waals surface area contributed by atoms with Crippen molar-refractivity contribution in [3.8, 4) is 0 Å². The molecule has 0 radical (unpaired) electrons. The Balaban J connectivity index is 1.76. The summed E-state index contributed by atoms with van der Waals surface area (Å²) < 4.78 is 0. The van der Waals surface area contributed by atoms with Crippen molar-refractivity contribution in [1.82, 2.24) is 5.32 Å². The molecule has 2 saturated carbocycles. The van der Waals surface area contributed by atoms with Gasteiger partial charge in [0.2, 0.25) is 0 Å². The predicted molar refractivity (Wildman–Crippen MR) is 66.5 cm³/mol. The molecule has 88 valence electrons. The maximum absolute atomic E-state index is 6.41. The van der Waals surface area contributed by atoms with E-state index in [1.807, 2.05) is 0 Å². The minimum absolute atomic E-state index is 0.371. The van der Waals surface area contributed by atoms with Crippen LogP contribution in [0.3, 0.4) is 0 Å². The molecule has 2 aliphatic rings. The third kappa shape index (κ3) is 3.10. The fourth-order valence-corrected chi connectivity index (χ4v) is 3.20. The molecular formula is C13H24ClN. The van der Waals surface area contributed by atoms with Crippen LogP contribution < -0.4 is 5.32 Å². The summed E-state index contributed by atoms with van der Waals surface area (Å²) in [6, 6.07) is 0.576. The van der Waals surface area contributed by atoms with Gasteiger partial charge in [0, 0.05) is 18.0 Å². The summed E-state index contributed by atoms with van der Waals surface area (Å²) >= 11 is 6.41. The van der Waals surface area contributed by atoms with E-state index in [4.69, 9.17) is 11.6 Å². The molecule has 0 bridgehead atoms. The van der Waals surface area contributed by atoms with Crippen molar-refractivity contribution in [2.24, 2.45) is 5.41 Å². The van der Waals surface area contributed by atoms with Crippen molar-refractivity contribution < 1.29 is 0 Å². The van der Waals surface area contributed by atoms with E-state index in [-0.39, 0.29) is 0 Å². The van der Waals surface area contributed by atoms with Gasteiger partial charge in [-0.25, -0.2) is 0 Å². The summed E-state index contributed by atoms with van der Waals surface area (Å²) in [4.78, 5) is 0. The average molecular weight is 230 g/mol. The second-order valence-corrected chi connectivity index (χ2v) is 6.37. The monoisotopic (exact) mass is 229 g/mol. The van der Waals surface area contributed by atoms with Crippen molar-refractivity contribution in [3.05, 3.63) is 0 Å². The first kappa shape index (κ1) is 11.7. The van der Waals surface area contributed by atoms with Crippen LogP contribution in [0.15, 0.2) is 0 Å². The molecule has 2 fully saturated rings. The van der Waals surface area contributed by atoms with E-state index in [0.29, 0.717) is 16.8 Å².